The lowest BCUT2D eigenvalue weighted by molar-refractivity contribution is -0.137. The second-order valence-electron chi connectivity index (χ2n) is 7.85. The lowest BCUT2D eigenvalue weighted by atomic mass is 10.2. The second-order valence-corrected chi connectivity index (χ2v) is 13.1. The van der Waals surface area contributed by atoms with Crippen LogP contribution in [0.15, 0.2) is 48.8 Å². The predicted octanol–water partition coefficient (Wildman–Crippen LogP) is 4.26. The molecule has 3 N–H and O–H groups in total. The monoisotopic (exact) mass is 528 g/mol. The number of benzene rings is 1. The van der Waals surface area contributed by atoms with Gasteiger partial charge in [-0.05, 0) is 50.6 Å². The SMILES string of the molecule is CCS(=O)(=O)Nc1ncccc1CNc1nc(Nc2ccc(P(C)(C)=O)cc2)ncc1C(F)(F)F. The summed E-state index contributed by atoms with van der Waals surface area (Å²) in [4.78, 5) is 11.7. The minimum absolute atomic E-state index is 0.00652. The normalized spacial score (nSPS) is 12.3. The van der Waals surface area contributed by atoms with E-state index in [1.807, 2.05) is 0 Å². The molecule has 0 saturated carbocycles. The van der Waals surface area contributed by atoms with Crippen LogP contribution in [-0.4, -0.2) is 42.5 Å². The van der Waals surface area contributed by atoms with Gasteiger partial charge in [-0.3, -0.25) is 4.72 Å². The van der Waals surface area contributed by atoms with Crippen LogP contribution >= 0.6 is 7.14 Å². The van der Waals surface area contributed by atoms with Gasteiger partial charge in [-0.25, -0.2) is 18.4 Å². The quantitative estimate of drug-likeness (QED) is 0.352. The summed E-state index contributed by atoms with van der Waals surface area (Å²) in [6.45, 7) is 4.53. The van der Waals surface area contributed by atoms with Crippen LogP contribution in [0.2, 0.25) is 0 Å². The van der Waals surface area contributed by atoms with E-state index in [9.17, 15) is 26.2 Å². The fraction of sp³-hybridized carbons (Fsp3) is 0.286. The van der Waals surface area contributed by atoms with Crippen molar-refractivity contribution in [3.63, 3.8) is 0 Å². The van der Waals surface area contributed by atoms with Crippen molar-refractivity contribution in [3.05, 3.63) is 59.9 Å². The second kappa shape index (κ2) is 10.2. The van der Waals surface area contributed by atoms with Crippen LogP contribution in [0.25, 0.3) is 0 Å². The molecule has 0 bridgehead atoms. The van der Waals surface area contributed by atoms with Crippen molar-refractivity contribution in [2.24, 2.45) is 0 Å². The molecule has 9 nitrogen and oxygen atoms in total. The van der Waals surface area contributed by atoms with Crippen molar-refractivity contribution >= 4 is 45.7 Å². The van der Waals surface area contributed by atoms with Crippen molar-refractivity contribution in [3.8, 4) is 0 Å². The number of nitrogens with one attached hydrogen (secondary N) is 3. The van der Waals surface area contributed by atoms with Crippen LogP contribution < -0.4 is 20.7 Å². The van der Waals surface area contributed by atoms with Gasteiger partial charge in [0.25, 0.3) is 0 Å². The Hall–Kier alpha value is -3.18. The topological polar surface area (TPSA) is 126 Å². The first-order valence-electron chi connectivity index (χ1n) is 10.3. The largest absolute Gasteiger partial charge is 0.421 e. The maximum Gasteiger partial charge on any atom is 0.421 e. The molecule has 3 rings (SSSR count). The zero-order valence-corrected chi connectivity index (χ0v) is 20.8. The number of anilines is 4. The highest BCUT2D eigenvalue weighted by Gasteiger charge is 2.35. The average molecular weight is 528 g/mol. The van der Waals surface area contributed by atoms with Gasteiger partial charge in [-0.15, -0.1) is 0 Å². The van der Waals surface area contributed by atoms with E-state index in [1.54, 1.807) is 37.6 Å². The number of pyridine rings is 1. The number of alkyl halides is 3. The Kier molecular flexibility index (Phi) is 7.71. The van der Waals surface area contributed by atoms with Gasteiger partial charge in [0.1, 0.15) is 24.3 Å². The van der Waals surface area contributed by atoms with Crippen molar-refractivity contribution < 1.29 is 26.2 Å². The summed E-state index contributed by atoms with van der Waals surface area (Å²) in [7, 11) is -6.09. The molecule has 0 saturated heterocycles. The van der Waals surface area contributed by atoms with Crippen molar-refractivity contribution in [1.29, 1.82) is 0 Å². The number of aromatic nitrogens is 3. The third kappa shape index (κ3) is 7.15. The molecule has 0 spiro atoms. The summed E-state index contributed by atoms with van der Waals surface area (Å²) < 4.78 is 79.0. The molecule has 0 aliphatic carbocycles. The van der Waals surface area contributed by atoms with Crippen LogP contribution in [0, 0.1) is 0 Å². The van der Waals surface area contributed by atoms with Crippen LogP contribution in [0.4, 0.5) is 36.4 Å². The number of hydrogen-bond acceptors (Lipinski definition) is 8. The highest BCUT2D eigenvalue weighted by atomic mass is 32.2. The first-order valence-corrected chi connectivity index (χ1v) is 14.6. The van der Waals surface area contributed by atoms with Gasteiger partial charge in [0.2, 0.25) is 16.0 Å². The first kappa shape index (κ1) is 26.4. The van der Waals surface area contributed by atoms with Gasteiger partial charge in [0.05, 0.1) is 5.75 Å². The van der Waals surface area contributed by atoms with Gasteiger partial charge < -0.3 is 15.2 Å². The molecule has 2 aromatic heterocycles. The molecule has 3 aromatic rings. The maximum atomic E-state index is 13.6. The standard InChI is InChI=1S/C21H24F3N6O3PS/c1-4-35(32,33)30-18-14(6-5-11-25-18)12-26-19-17(21(22,23)24)13-27-20(29-19)28-15-7-9-16(10-8-15)34(2,3)31/h5-11,13H,4,12H2,1-3H3,(H,25,30)(H2,26,27,28,29). The Bertz CT molecular complexity index is 1350. The zero-order valence-electron chi connectivity index (χ0n) is 19.1. The Morgan fingerprint density at radius 3 is 2.31 bits per heavy atom. The lowest BCUT2D eigenvalue weighted by Gasteiger charge is -2.16. The molecule has 1 aromatic carbocycles. The summed E-state index contributed by atoms with van der Waals surface area (Å²) in [5.41, 5.74) is -0.266. The smallest absolute Gasteiger partial charge is 0.365 e. The van der Waals surface area contributed by atoms with Crippen LogP contribution in [-0.2, 0) is 27.3 Å². The molecule has 35 heavy (non-hydrogen) atoms. The van der Waals surface area contributed by atoms with Crippen LogP contribution in [0.1, 0.15) is 18.1 Å². The molecule has 0 aliphatic heterocycles. The number of hydrogen-bond donors (Lipinski definition) is 3. The molecule has 0 atom stereocenters. The van der Waals surface area contributed by atoms with E-state index in [4.69, 9.17) is 0 Å². The van der Waals surface area contributed by atoms with E-state index < -0.39 is 34.7 Å². The molecular formula is C21H24F3N6O3PS. The maximum absolute atomic E-state index is 13.6. The van der Waals surface area contributed by atoms with Crippen molar-refractivity contribution in [2.45, 2.75) is 19.6 Å². The highest BCUT2D eigenvalue weighted by Crippen LogP contribution is 2.36. The summed E-state index contributed by atoms with van der Waals surface area (Å²) in [6, 6.07) is 9.65. The van der Waals surface area contributed by atoms with E-state index >= 15 is 0 Å². The third-order valence-corrected chi connectivity index (χ3v) is 7.62. The summed E-state index contributed by atoms with van der Waals surface area (Å²) in [5, 5.41) is 6.10. The van der Waals surface area contributed by atoms with Gasteiger partial charge in [0.15, 0.2) is 0 Å². The molecule has 0 aliphatic rings. The molecular weight excluding hydrogens is 504 g/mol. The number of sulfonamides is 1. The fourth-order valence-corrected chi connectivity index (χ4v) is 4.38. The van der Waals surface area contributed by atoms with E-state index in [1.165, 1.54) is 25.3 Å². The zero-order chi connectivity index (χ0) is 25.9. The van der Waals surface area contributed by atoms with E-state index in [0.717, 1.165) is 0 Å². The molecule has 0 unspecified atom stereocenters. The minimum atomic E-state index is -4.73. The summed E-state index contributed by atoms with van der Waals surface area (Å²) in [5.74, 6) is -0.772. The number of nitrogens with zero attached hydrogens (tertiary/aromatic N) is 3. The number of halogens is 3. The number of rotatable bonds is 9. The highest BCUT2D eigenvalue weighted by molar-refractivity contribution is 7.92. The van der Waals surface area contributed by atoms with Gasteiger partial charge >= 0.3 is 6.18 Å². The Morgan fingerprint density at radius 1 is 1.03 bits per heavy atom. The lowest BCUT2D eigenvalue weighted by Crippen LogP contribution is -2.18. The molecule has 0 radical (unpaired) electrons. The van der Waals surface area contributed by atoms with E-state index in [2.05, 4.69) is 30.3 Å². The van der Waals surface area contributed by atoms with E-state index in [-0.39, 0.29) is 24.1 Å². The van der Waals surface area contributed by atoms with Gasteiger partial charge in [-0.2, -0.15) is 18.2 Å². The minimum Gasteiger partial charge on any atom is -0.365 e. The summed E-state index contributed by atoms with van der Waals surface area (Å²) >= 11 is 0. The molecule has 2 heterocycles. The molecule has 0 amide bonds. The summed E-state index contributed by atoms with van der Waals surface area (Å²) in [6.07, 6.45) is -2.71. The first-order chi connectivity index (χ1) is 16.3. The van der Waals surface area contributed by atoms with E-state index in [0.29, 0.717) is 22.8 Å². The van der Waals surface area contributed by atoms with Crippen molar-refractivity contribution in [1.82, 2.24) is 15.0 Å². The van der Waals surface area contributed by atoms with Crippen molar-refractivity contribution in [2.75, 3.05) is 34.4 Å². The Labute approximate surface area is 201 Å². The Morgan fingerprint density at radius 2 is 1.71 bits per heavy atom. The Balaban J connectivity index is 1.86. The average Bonchev–Trinajstić information content (AvgIpc) is 2.77. The van der Waals surface area contributed by atoms with Gasteiger partial charge in [-0.1, -0.05) is 6.07 Å². The molecule has 14 heteroatoms. The molecule has 0 fully saturated rings. The van der Waals surface area contributed by atoms with Crippen LogP contribution in [0.3, 0.4) is 0 Å². The van der Waals surface area contributed by atoms with Crippen LogP contribution in [0.5, 0.6) is 0 Å². The van der Waals surface area contributed by atoms with Gasteiger partial charge in [0, 0.05) is 35.5 Å². The molecule has 188 valence electrons. The fourth-order valence-electron chi connectivity index (χ4n) is 2.89. The predicted molar refractivity (Wildman–Crippen MR) is 130 cm³/mol. The third-order valence-electron chi connectivity index (χ3n) is 4.81.